The number of nitrogens with one attached hydrogen (secondary N) is 1. The van der Waals surface area contributed by atoms with E-state index in [4.69, 9.17) is 0 Å². The Morgan fingerprint density at radius 1 is 1.00 bits per heavy atom. The van der Waals surface area contributed by atoms with E-state index >= 15 is 0 Å². The number of hydrogen-bond acceptors (Lipinski definition) is 1. The second-order valence-electron chi connectivity index (χ2n) is 7.53. The molecule has 4 heteroatoms. The second-order valence-corrected chi connectivity index (χ2v) is 8.45. The molecule has 0 aromatic heterocycles. The van der Waals surface area contributed by atoms with Crippen molar-refractivity contribution in [2.24, 2.45) is 0 Å². The lowest BCUT2D eigenvalue weighted by Crippen LogP contribution is -2.41. The Morgan fingerprint density at radius 3 is 2.08 bits per heavy atom. The van der Waals surface area contributed by atoms with Crippen molar-refractivity contribution in [1.82, 2.24) is 5.32 Å². The lowest BCUT2D eigenvalue weighted by molar-refractivity contribution is 0.0910. The van der Waals surface area contributed by atoms with E-state index in [9.17, 15) is 9.18 Å². The Hall–Kier alpha value is -1.68. The number of benzene rings is 2. The van der Waals surface area contributed by atoms with E-state index in [2.05, 4.69) is 42.0 Å². The summed E-state index contributed by atoms with van der Waals surface area (Å²) in [6.45, 7) is 9.96. The average Bonchev–Trinajstić information content (AvgIpc) is 2.45. The van der Waals surface area contributed by atoms with Crippen LogP contribution in [0.4, 0.5) is 4.39 Å². The molecule has 24 heavy (non-hydrogen) atoms. The number of amides is 1. The molecule has 0 aliphatic heterocycles. The van der Waals surface area contributed by atoms with Crippen molar-refractivity contribution in [2.45, 2.75) is 45.6 Å². The molecule has 0 bridgehead atoms. The zero-order valence-corrected chi connectivity index (χ0v) is 16.3. The Balaban J connectivity index is 2.21. The largest absolute Gasteiger partial charge is 0.343 e. The molecule has 2 nitrogen and oxygen atoms in total. The molecule has 0 fully saturated rings. The molecular formula is C20H23BrFNO. The van der Waals surface area contributed by atoms with Gasteiger partial charge in [0, 0.05) is 15.6 Å². The summed E-state index contributed by atoms with van der Waals surface area (Å²) in [7, 11) is 0. The van der Waals surface area contributed by atoms with Gasteiger partial charge in [0.2, 0.25) is 0 Å². The third kappa shape index (κ3) is 4.23. The minimum absolute atomic E-state index is 0.0365. The van der Waals surface area contributed by atoms with Gasteiger partial charge >= 0.3 is 0 Å². The maximum absolute atomic E-state index is 14.2. The molecule has 1 amide bonds. The SMILES string of the molecule is CC(C)(C)c1ccc(C(=O)NC(C)(C)c2ccc(Br)cc2F)cc1. The number of hydrogen-bond donors (Lipinski definition) is 1. The summed E-state index contributed by atoms with van der Waals surface area (Å²) in [5.74, 6) is -0.569. The highest BCUT2D eigenvalue weighted by molar-refractivity contribution is 9.10. The summed E-state index contributed by atoms with van der Waals surface area (Å²) in [5, 5.41) is 2.91. The van der Waals surface area contributed by atoms with E-state index in [0.29, 0.717) is 15.6 Å². The molecule has 0 aliphatic rings. The summed E-state index contributed by atoms with van der Waals surface area (Å²) in [6.07, 6.45) is 0. The van der Waals surface area contributed by atoms with Crippen LogP contribution in [0.3, 0.4) is 0 Å². The highest BCUT2D eigenvalue weighted by Crippen LogP contribution is 2.27. The fourth-order valence-corrected chi connectivity index (χ4v) is 2.87. The normalized spacial score (nSPS) is 12.1. The molecule has 0 unspecified atom stereocenters. The molecular weight excluding hydrogens is 369 g/mol. The maximum atomic E-state index is 14.2. The highest BCUT2D eigenvalue weighted by atomic mass is 79.9. The Labute approximate surface area is 151 Å². The van der Waals surface area contributed by atoms with Crippen LogP contribution in [0.25, 0.3) is 0 Å². The molecule has 0 aliphatic carbocycles. The average molecular weight is 392 g/mol. The molecule has 0 saturated heterocycles. The number of rotatable bonds is 3. The van der Waals surface area contributed by atoms with Crippen molar-refractivity contribution in [2.75, 3.05) is 0 Å². The van der Waals surface area contributed by atoms with Gasteiger partial charge in [-0.3, -0.25) is 4.79 Å². The van der Waals surface area contributed by atoms with Crippen LogP contribution in [0.5, 0.6) is 0 Å². The summed E-state index contributed by atoms with van der Waals surface area (Å²) in [5.41, 5.74) is 1.40. The van der Waals surface area contributed by atoms with Crippen LogP contribution in [-0.4, -0.2) is 5.91 Å². The first kappa shape index (κ1) is 18.7. The number of carbonyl (C=O) groups is 1. The first-order valence-corrected chi connectivity index (χ1v) is 8.68. The van der Waals surface area contributed by atoms with Crippen molar-refractivity contribution < 1.29 is 9.18 Å². The van der Waals surface area contributed by atoms with Crippen LogP contribution < -0.4 is 5.32 Å². The predicted molar refractivity (Wildman–Crippen MR) is 99.7 cm³/mol. The van der Waals surface area contributed by atoms with E-state index in [1.165, 1.54) is 6.07 Å². The first-order chi connectivity index (χ1) is 11.0. The monoisotopic (exact) mass is 391 g/mol. The van der Waals surface area contributed by atoms with Crippen LogP contribution in [0.1, 0.15) is 56.1 Å². The molecule has 0 radical (unpaired) electrons. The van der Waals surface area contributed by atoms with Crippen molar-refractivity contribution in [3.63, 3.8) is 0 Å². The molecule has 128 valence electrons. The van der Waals surface area contributed by atoms with Crippen LogP contribution in [0, 0.1) is 5.82 Å². The smallest absolute Gasteiger partial charge is 0.251 e. The van der Waals surface area contributed by atoms with Gasteiger partial charge in [-0.15, -0.1) is 0 Å². The van der Waals surface area contributed by atoms with Gasteiger partial charge in [-0.1, -0.05) is 54.9 Å². The molecule has 1 N–H and O–H groups in total. The molecule has 0 heterocycles. The zero-order chi connectivity index (χ0) is 18.1. The second kappa shape index (κ2) is 6.67. The lowest BCUT2D eigenvalue weighted by atomic mass is 9.86. The van der Waals surface area contributed by atoms with Crippen LogP contribution in [0.2, 0.25) is 0 Å². The molecule has 0 saturated carbocycles. The summed E-state index contributed by atoms with van der Waals surface area (Å²) in [6, 6.07) is 12.4. The molecule has 0 spiro atoms. The molecule has 2 rings (SSSR count). The van der Waals surface area contributed by atoms with Gasteiger partial charge in [0.15, 0.2) is 0 Å². The molecule has 2 aromatic carbocycles. The van der Waals surface area contributed by atoms with Gasteiger partial charge in [0.1, 0.15) is 5.82 Å². The fraction of sp³-hybridized carbons (Fsp3) is 0.350. The van der Waals surface area contributed by atoms with Gasteiger partial charge in [-0.2, -0.15) is 0 Å². The fourth-order valence-electron chi connectivity index (χ4n) is 2.54. The van der Waals surface area contributed by atoms with Crippen molar-refractivity contribution >= 4 is 21.8 Å². The number of halogens is 2. The van der Waals surface area contributed by atoms with E-state index in [-0.39, 0.29) is 17.1 Å². The quantitative estimate of drug-likeness (QED) is 0.729. The lowest BCUT2D eigenvalue weighted by Gasteiger charge is -2.27. The summed E-state index contributed by atoms with van der Waals surface area (Å²) >= 11 is 3.25. The minimum atomic E-state index is -0.815. The van der Waals surface area contributed by atoms with Crippen molar-refractivity contribution in [3.05, 3.63) is 69.4 Å². The molecule has 0 atom stereocenters. The minimum Gasteiger partial charge on any atom is -0.343 e. The van der Waals surface area contributed by atoms with E-state index in [0.717, 1.165) is 5.56 Å². The zero-order valence-electron chi connectivity index (χ0n) is 14.7. The van der Waals surface area contributed by atoms with Crippen LogP contribution >= 0.6 is 15.9 Å². The van der Waals surface area contributed by atoms with Crippen LogP contribution in [0.15, 0.2) is 46.9 Å². The van der Waals surface area contributed by atoms with Gasteiger partial charge in [-0.25, -0.2) is 4.39 Å². The van der Waals surface area contributed by atoms with E-state index < -0.39 is 5.54 Å². The van der Waals surface area contributed by atoms with Crippen molar-refractivity contribution in [1.29, 1.82) is 0 Å². The Kier molecular flexibility index (Phi) is 5.19. The first-order valence-electron chi connectivity index (χ1n) is 7.89. The Bertz CT molecular complexity index is 745. The highest BCUT2D eigenvalue weighted by Gasteiger charge is 2.27. The van der Waals surface area contributed by atoms with Gasteiger partial charge in [0.25, 0.3) is 5.91 Å². The van der Waals surface area contributed by atoms with Gasteiger partial charge < -0.3 is 5.32 Å². The predicted octanol–water partition coefficient (Wildman–Crippen LogP) is 5.55. The van der Waals surface area contributed by atoms with Gasteiger partial charge in [-0.05, 0) is 49.1 Å². The molecule has 2 aromatic rings. The summed E-state index contributed by atoms with van der Waals surface area (Å²) < 4.78 is 14.9. The standard InChI is InChI=1S/C20H23BrFNO/c1-19(2,3)14-8-6-13(7-9-14)18(24)23-20(4,5)16-11-10-15(21)12-17(16)22/h6-12H,1-5H3,(H,23,24). The topological polar surface area (TPSA) is 29.1 Å². The Morgan fingerprint density at radius 2 is 1.58 bits per heavy atom. The van der Waals surface area contributed by atoms with Gasteiger partial charge in [0.05, 0.1) is 5.54 Å². The van der Waals surface area contributed by atoms with E-state index in [1.54, 1.807) is 26.0 Å². The van der Waals surface area contributed by atoms with Crippen LogP contribution in [-0.2, 0) is 11.0 Å². The third-order valence-electron chi connectivity index (χ3n) is 4.04. The summed E-state index contributed by atoms with van der Waals surface area (Å²) in [4.78, 5) is 12.5. The van der Waals surface area contributed by atoms with Crippen molar-refractivity contribution in [3.8, 4) is 0 Å². The van der Waals surface area contributed by atoms with E-state index in [1.807, 2.05) is 24.3 Å². The third-order valence-corrected chi connectivity index (χ3v) is 4.54. The number of carbonyl (C=O) groups excluding carboxylic acids is 1. The maximum Gasteiger partial charge on any atom is 0.251 e.